The first-order chi connectivity index (χ1) is 26.1. The van der Waals surface area contributed by atoms with Gasteiger partial charge in [-0.3, -0.25) is 4.79 Å². The Morgan fingerprint density at radius 2 is 1.11 bits per heavy atom. The third-order valence-corrected chi connectivity index (χ3v) is 9.44. The van der Waals surface area contributed by atoms with Crippen LogP contribution in [0.1, 0.15) is 0 Å². The minimum absolute atomic E-state index is 0.133. The highest BCUT2D eigenvalue weighted by atomic mass is 16.8. The van der Waals surface area contributed by atoms with Gasteiger partial charge in [0.05, 0.1) is 19.8 Å². The number of rotatable bonds is 10. The molecule has 22 nitrogen and oxygen atoms in total. The molecule has 55 heavy (non-hydrogen) atoms. The lowest BCUT2D eigenvalue weighted by Gasteiger charge is -2.45. The van der Waals surface area contributed by atoms with Crippen LogP contribution >= 0.6 is 0 Å². The number of phenols is 3. The summed E-state index contributed by atoms with van der Waals surface area (Å²) in [6.07, 6.45) is -26.9. The number of benzene rings is 2. The summed E-state index contributed by atoms with van der Waals surface area (Å²) in [7, 11) is 0. The van der Waals surface area contributed by atoms with Crippen molar-refractivity contribution < 1.29 is 104 Å². The van der Waals surface area contributed by atoms with Crippen LogP contribution in [0.15, 0.2) is 39.5 Å². The van der Waals surface area contributed by atoms with Crippen molar-refractivity contribution in [1.82, 2.24) is 0 Å². The van der Waals surface area contributed by atoms with Gasteiger partial charge in [-0.2, -0.15) is 0 Å². The molecule has 0 bridgehead atoms. The summed E-state index contributed by atoms with van der Waals surface area (Å²) in [5.74, 6) is -3.78. The minimum atomic E-state index is -2.00. The molecule has 4 heterocycles. The van der Waals surface area contributed by atoms with E-state index < -0.39 is 157 Å². The SMILES string of the molecule is O=c1c(O[C@@H]2O[C@H](CO)[C@@H](O)[C@H](O)[C@H]2O)c(-c2ccc(O)c(O)c2)oc2cc(O[C@@H]3O[C@H](CO)[C@@H](O)[C@H](O)[C@H]3O[C@@H]3O[C@H](CO)[C@@H](O)[C@H](O)[C@H]3O)cc(O)c12. The molecule has 3 aliphatic heterocycles. The van der Waals surface area contributed by atoms with Crippen LogP contribution in [0.5, 0.6) is 28.7 Å². The number of fused-ring (bicyclic) bond motifs is 1. The smallest absolute Gasteiger partial charge is 0.239 e. The van der Waals surface area contributed by atoms with Crippen molar-refractivity contribution in [2.24, 2.45) is 0 Å². The average Bonchev–Trinajstić information content (AvgIpc) is 3.16. The zero-order valence-electron chi connectivity index (χ0n) is 28.2. The molecule has 3 fully saturated rings. The lowest BCUT2D eigenvalue weighted by atomic mass is 9.97. The number of phenolic OH excluding ortho intramolecular Hbond substituents is 3. The maximum absolute atomic E-state index is 14.0. The molecule has 14 N–H and O–H groups in total. The zero-order valence-corrected chi connectivity index (χ0v) is 28.2. The normalized spacial score (nSPS) is 36.8. The number of aromatic hydroxyl groups is 3. The van der Waals surface area contributed by atoms with Gasteiger partial charge in [0.25, 0.3) is 0 Å². The monoisotopic (exact) mass is 788 g/mol. The molecule has 0 aliphatic carbocycles. The zero-order chi connectivity index (χ0) is 40.0. The molecule has 0 unspecified atom stereocenters. The van der Waals surface area contributed by atoms with Crippen LogP contribution in [0.2, 0.25) is 0 Å². The summed E-state index contributed by atoms with van der Waals surface area (Å²) in [4.78, 5) is 14.0. The molecule has 2 aromatic carbocycles. The molecule has 1 aromatic heterocycles. The fourth-order valence-electron chi connectivity index (χ4n) is 6.33. The van der Waals surface area contributed by atoms with Crippen molar-refractivity contribution >= 4 is 11.0 Å². The largest absolute Gasteiger partial charge is 0.507 e. The second kappa shape index (κ2) is 16.3. The Balaban J connectivity index is 1.40. The highest BCUT2D eigenvalue weighted by Crippen LogP contribution is 2.40. The molecule has 0 saturated carbocycles. The molecular weight excluding hydrogens is 748 g/mol. The molecular formula is C33H40O22. The van der Waals surface area contributed by atoms with E-state index in [1.165, 1.54) is 6.07 Å². The van der Waals surface area contributed by atoms with Gasteiger partial charge in [-0.1, -0.05) is 0 Å². The van der Waals surface area contributed by atoms with Crippen molar-refractivity contribution in [3.05, 3.63) is 40.6 Å². The number of ether oxygens (including phenoxy) is 6. The van der Waals surface area contributed by atoms with Gasteiger partial charge < -0.3 is 104 Å². The van der Waals surface area contributed by atoms with Crippen molar-refractivity contribution in [2.45, 2.75) is 92.1 Å². The van der Waals surface area contributed by atoms with Crippen LogP contribution in [0, 0.1) is 0 Å². The minimum Gasteiger partial charge on any atom is -0.507 e. The van der Waals surface area contributed by atoms with Crippen molar-refractivity contribution in [3.63, 3.8) is 0 Å². The van der Waals surface area contributed by atoms with Crippen molar-refractivity contribution in [2.75, 3.05) is 19.8 Å². The number of aliphatic hydroxyl groups is 11. The van der Waals surface area contributed by atoms with E-state index >= 15 is 0 Å². The summed E-state index contributed by atoms with van der Waals surface area (Å²) in [6, 6.07) is 5.05. The predicted molar refractivity (Wildman–Crippen MR) is 174 cm³/mol. The first-order valence-corrected chi connectivity index (χ1v) is 16.7. The molecule has 3 aliphatic rings. The molecule has 3 aromatic rings. The third kappa shape index (κ3) is 7.63. The average molecular weight is 789 g/mol. The fourth-order valence-corrected chi connectivity index (χ4v) is 6.33. The highest BCUT2D eigenvalue weighted by molar-refractivity contribution is 5.88. The fraction of sp³-hybridized carbons (Fsp3) is 0.545. The first kappa shape index (κ1) is 40.7. The van der Waals surface area contributed by atoms with Gasteiger partial charge in [-0.05, 0) is 18.2 Å². The molecule has 15 atom stereocenters. The van der Waals surface area contributed by atoms with E-state index in [1.54, 1.807) is 0 Å². The van der Waals surface area contributed by atoms with Crippen LogP contribution < -0.4 is 14.9 Å². The number of hydrogen-bond donors (Lipinski definition) is 14. The molecule has 304 valence electrons. The summed E-state index contributed by atoms with van der Waals surface area (Å²) in [5, 5.41) is 143. The van der Waals surface area contributed by atoms with Gasteiger partial charge in [0.1, 0.15) is 89.6 Å². The van der Waals surface area contributed by atoms with Gasteiger partial charge >= 0.3 is 0 Å². The van der Waals surface area contributed by atoms with Crippen molar-refractivity contribution in [3.8, 4) is 40.1 Å². The van der Waals surface area contributed by atoms with Crippen LogP contribution in [-0.2, 0) is 18.9 Å². The summed E-state index contributed by atoms with van der Waals surface area (Å²) in [6.45, 7) is -2.53. The summed E-state index contributed by atoms with van der Waals surface area (Å²) in [5.41, 5.74) is -1.72. The Labute approximate surface area is 307 Å². The second-order valence-electron chi connectivity index (χ2n) is 13.0. The van der Waals surface area contributed by atoms with Crippen LogP contribution in [-0.4, -0.2) is 183 Å². The molecule has 3 saturated heterocycles. The Kier molecular flexibility index (Phi) is 12.0. The van der Waals surface area contributed by atoms with Gasteiger partial charge in [0.2, 0.25) is 23.8 Å². The van der Waals surface area contributed by atoms with Gasteiger partial charge in [-0.15, -0.1) is 0 Å². The molecule has 6 rings (SSSR count). The Morgan fingerprint density at radius 3 is 1.69 bits per heavy atom. The van der Waals surface area contributed by atoms with E-state index in [4.69, 9.17) is 32.8 Å². The maximum atomic E-state index is 14.0. The topological polar surface area (TPSA) is 369 Å². The standard InChI is InChI=1S/C33H40O22/c34-6-15-19(40)23(44)26(47)31(51-15)54-29-22(43)18-13(39)4-10(5-14(18)50-28(29)9-1-2-11(37)12(38)3-9)49-33-30(25(46)21(42)17(8-36)53-33)55-32-27(48)24(45)20(41)16(7-35)52-32/h1-5,15-17,19-21,23-27,30-42,44-48H,6-8H2/t15-,16-,17-,19-,20-,21-,23+,24+,25+,26-,27-,30-,31+,32+,33-/m1/s1. The third-order valence-electron chi connectivity index (χ3n) is 9.44. The van der Waals surface area contributed by atoms with E-state index in [0.717, 1.165) is 24.3 Å². The summed E-state index contributed by atoms with van der Waals surface area (Å²) < 4.78 is 39.4. The lowest BCUT2D eigenvalue weighted by Crippen LogP contribution is -2.65. The Morgan fingerprint density at radius 1 is 0.564 bits per heavy atom. The van der Waals surface area contributed by atoms with E-state index in [1.807, 2.05) is 0 Å². The van der Waals surface area contributed by atoms with Crippen LogP contribution in [0.3, 0.4) is 0 Å². The number of aliphatic hydroxyl groups excluding tert-OH is 11. The van der Waals surface area contributed by atoms with Crippen LogP contribution in [0.25, 0.3) is 22.3 Å². The Hall–Kier alpha value is -3.95. The lowest BCUT2D eigenvalue weighted by molar-refractivity contribution is -0.357. The second-order valence-corrected chi connectivity index (χ2v) is 13.0. The molecule has 0 amide bonds. The highest BCUT2D eigenvalue weighted by Gasteiger charge is 2.51. The molecule has 0 radical (unpaired) electrons. The van der Waals surface area contributed by atoms with Crippen LogP contribution in [0.4, 0.5) is 0 Å². The molecule has 0 spiro atoms. The maximum Gasteiger partial charge on any atom is 0.239 e. The van der Waals surface area contributed by atoms with E-state index in [-0.39, 0.29) is 11.3 Å². The Bertz CT molecular complexity index is 1870. The van der Waals surface area contributed by atoms with E-state index in [0.29, 0.717) is 0 Å². The first-order valence-electron chi connectivity index (χ1n) is 16.7. The summed E-state index contributed by atoms with van der Waals surface area (Å²) >= 11 is 0. The van der Waals surface area contributed by atoms with E-state index in [9.17, 15) is 76.3 Å². The quantitative estimate of drug-likeness (QED) is 0.0853. The van der Waals surface area contributed by atoms with Gasteiger partial charge in [0.15, 0.2) is 29.7 Å². The van der Waals surface area contributed by atoms with Crippen molar-refractivity contribution in [1.29, 1.82) is 0 Å². The van der Waals surface area contributed by atoms with Gasteiger partial charge in [-0.25, -0.2) is 0 Å². The predicted octanol–water partition coefficient (Wildman–Crippen LogP) is -5.24. The van der Waals surface area contributed by atoms with E-state index in [2.05, 4.69) is 0 Å². The number of hydrogen-bond acceptors (Lipinski definition) is 22. The van der Waals surface area contributed by atoms with Gasteiger partial charge in [0, 0.05) is 17.7 Å². The molecule has 22 heteroatoms.